The van der Waals surface area contributed by atoms with Gasteiger partial charge in [0.05, 0.1) is 6.54 Å². The van der Waals surface area contributed by atoms with Gasteiger partial charge >= 0.3 is 0 Å². The molecule has 1 aromatic rings. The number of rotatable bonds is 2. The molecule has 17 heavy (non-hydrogen) atoms. The van der Waals surface area contributed by atoms with Crippen LogP contribution < -0.4 is 5.73 Å². The molecule has 1 saturated heterocycles. The second kappa shape index (κ2) is 5.06. The van der Waals surface area contributed by atoms with Crippen molar-refractivity contribution in [2.24, 2.45) is 0 Å². The Bertz CT molecular complexity index is 436. The fourth-order valence-electron chi connectivity index (χ4n) is 1.89. The first-order chi connectivity index (χ1) is 8.06. The second-order valence-electron chi connectivity index (χ2n) is 4.37. The van der Waals surface area contributed by atoms with Gasteiger partial charge in [-0.05, 0) is 17.7 Å². The van der Waals surface area contributed by atoms with E-state index in [0.29, 0.717) is 6.54 Å². The molecule has 92 valence electrons. The number of likely N-dealkylation sites (N-methyl/N-ethyl adjacent to an activating group) is 1. The van der Waals surface area contributed by atoms with Gasteiger partial charge in [0.15, 0.2) is 0 Å². The summed E-state index contributed by atoms with van der Waals surface area (Å²) < 4.78 is 0.980. The Morgan fingerprint density at radius 3 is 2.82 bits per heavy atom. The van der Waals surface area contributed by atoms with Crippen LogP contribution in [0.5, 0.6) is 0 Å². The van der Waals surface area contributed by atoms with Crippen LogP contribution in [0.4, 0.5) is 5.69 Å². The summed E-state index contributed by atoms with van der Waals surface area (Å²) in [6, 6.07) is 5.87. The summed E-state index contributed by atoms with van der Waals surface area (Å²) in [4.78, 5) is 15.5. The summed E-state index contributed by atoms with van der Waals surface area (Å²) in [6.07, 6.45) is 0. The molecule has 1 aromatic carbocycles. The monoisotopic (exact) mass is 297 g/mol. The van der Waals surface area contributed by atoms with Crippen molar-refractivity contribution in [3.63, 3.8) is 0 Å². The Morgan fingerprint density at radius 2 is 2.18 bits per heavy atom. The van der Waals surface area contributed by atoms with E-state index in [0.717, 1.165) is 35.4 Å². The molecule has 2 N–H and O–H groups in total. The van der Waals surface area contributed by atoms with Crippen LogP contribution in [-0.2, 0) is 11.3 Å². The van der Waals surface area contributed by atoms with Gasteiger partial charge in [-0.1, -0.05) is 22.0 Å². The fraction of sp³-hybridized carbons (Fsp3) is 0.417. The van der Waals surface area contributed by atoms with E-state index < -0.39 is 0 Å². The Morgan fingerprint density at radius 1 is 1.41 bits per heavy atom. The normalized spacial score (nSPS) is 17.5. The fourth-order valence-corrected chi connectivity index (χ4v) is 2.27. The molecule has 1 aliphatic rings. The van der Waals surface area contributed by atoms with Gasteiger partial charge < -0.3 is 10.6 Å². The molecule has 0 aliphatic carbocycles. The molecule has 4 nitrogen and oxygen atoms in total. The van der Waals surface area contributed by atoms with Crippen LogP contribution in [0.15, 0.2) is 22.7 Å². The maximum atomic E-state index is 11.6. The lowest BCUT2D eigenvalue weighted by molar-refractivity contribution is -0.134. The molecule has 1 aliphatic heterocycles. The maximum Gasteiger partial charge on any atom is 0.236 e. The minimum Gasteiger partial charge on any atom is -0.398 e. The van der Waals surface area contributed by atoms with Crippen LogP contribution in [0.2, 0.25) is 0 Å². The van der Waals surface area contributed by atoms with Gasteiger partial charge in [-0.3, -0.25) is 9.69 Å². The zero-order valence-electron chi connectivity index (χ0n) is 9.82. The molecule has 0 radical (unpaired) electrons. The van der Waals surface area contributed by atoms with Gasteiger partial charge in [0.1, 0.15) is 0 Å². The zero-order chi connectivity index (χ0) is 12.4. The number of hydrogen-bond acceptors (Lipinski definition) is 3. The zero-order valence-corrected chi connectivity index (χ0v) is 11.4. The molecule has 0 spiro atoms. The molecule has 0 atom stereocenters. The molecular weight excluding hydrogens is 282 g/mol. The van der Waals surface area contributed by atoms with Crippen LogP contribution in [-0.4, -0.2) is 42.4 Å². The third-order valence-electron chi connectivity index (χ3n) is 3.04. The van der Waals surface area contributed by atoms with Gasteiger partial charge in [-0.25, -0.2) is 0 Å². The van der Waals surface area contributed by atoms with Crippen molar-refractivity contribution in [1.29, 1.82) is 0 Å². The Balaban J connectivity index is 2.04. The number of piperazine rings is 1. The first-order valence-electron chi connectivity index (χ1n) is 5.56. The predicted molar refractivity (Wildman–Crippen MR) is 71.5 cm³/mol. The predicted octanol–water partition coefficient (Wildman–Crippen LogP) is 1.31. The number of carbonyl (C=O) groups is 1. The molecule has 1 heterocycles. The Kier molecular flexibility index (Phi) is 3.69. The van der Waals surface area contributed by atoms with E-state index in [1.807, 2.05) is 25.2 Å². The number of nitrogens with zero attached hydrogens (tertiary/aromatic N) is 2. The van der Waals surface area contributed by atoms with E-state index in [2.05, 4.69) is 20.8 Å². The minimum absolute atomic E-state index is 0.173. The quantitative estimate of drug-likeness (QED) is 0.838. The molecule has 0 aromatic heterocycles. The number of carbonyl (C=O) groups excluding carboxylic acids is 1. The van der Waals surface area contributed by atoms with Crippen molar-refractivity contribution in [1.82, 2.24) is 9.80 Å². The van der Waals surface area contributed by atoms with Crippen LogP contribution in [0, 0.1) is 0 Å². The van der Waals surface area contributed by atoms with Gasteiger partial charge in [-0.15, -0.1) is 0 Å². The topological polar surface area (TPSA) is 49.6 Å². The van der Waals surface area contributed by atoms with E-state index in [9.17, 15) is 4.79 Å². The van der Waals surface area contributed by atoms with Crippen molar-refractivity contribution in [3.05, 3.63) is 28.2 Å². The van der Waals surface area contributed by atoms with Crippen molar-refractivity contribution in [2.45, 2.75) is 6.54 Å². The second-order valence-corrected chi connectivity index (χ2v) is 5.28. The SMILES string of the molecule is CN1CCN(Cc2ccc(Br)cc2N)CC1=O. The number of nitrogens with two attached hydrogens (primary N) is 1. The highest BCUT2D eigenvalue weighted by Gasteiger charge is 2.21. The average Bonchev–Trinajstić information content (AvgIpc) is 2.27. The molecule has 5 heteroatoms. The van der Waals surface area contributed by atoms with Crippen LogP contribution in [0.25, 0.3) is 0 Å². The minimum atomic E-state index is 0.173. The molecule has 0 saturated carbocycles. The largest absolute Gasteiger partial charge is 0.398 e. The number of nitrogen functional groups attached to an aromatic ring is 1. The van der Waals surface area contributed by atoms with E-state index in [1.165, 1.54) is 0 Å². The van der Waals surface area contributed by atoms with Crippen molar-refractivity contribution in [2.75, 3.05) is 32.4 Å². The van der Waals surface area contributed by atoms with Gasteiger partial charge in [0.25, 0.3) is 0 Å². The summed E-state index contributed by atoms with van der Waals surface area (Å²) in [5.74, 6) is 0.173. The molecule has 0 bridgehead atoms. The van der Waals surface area contributed by atoms with Crippen LogP contribution >= 0.6 is 15.9 Å². The summed E-state index contributed by atoms with van der Waals surface area (Å²) in [7, 11) is 1.84. The molecule has 0 unspecified atom stereocenters. The molecule has 1 fully saturated rings. The summed E-state index contributed by atoms with van der Waals surface area (Å²) in [6.45, 7) is 2.90. The molecule has 2 rings (SSSR count). The Labute approximate surface area is 110 Å². The lowest BCUT2D eigenvalue weighted by Crippen LogP contribution is -2.48. The van der Waals surface area contributed by atoms with Gasteiger partial charge in [0, 0.05) is 36.8 Å². The van der Waals surface area contributed by atoms with Crippen molar-refractivity contribution in [3.8, 4) is 0 Å². The summed E-state index contributed by atoms with van der Waals surface area (Å²) in [5.41, 5.74) is 7.79. The highest BCUT2D eigenvalue weighted by molar-refractivity contribution is 9.10. The summed E-state index contributed by atoms with van der Waals surface area (Å²) in [5, 5.41) is 0. The smallest absolute Gasteiger partial charge is 0.236 e. The molecule has 1 amide bonds. The van der Waals surface area contributed by atoms with Crippen molar-refractivity contribution < 1.29 is 4.79 Å². The third kappa shape index (κ3) is 2.98. The standard InChI is InChI=1S/C12H16BrN3O/c1-15-4-5-16(8-12(15)17)7-9-2-3-10(13)6-11(9)14/h2-3,6H,4-5,7-8,14H2,1H3. The number of halogens is 1. The highest BCUT2D eigenvalue weighted by Crippen LogP contribution is 2.20. The third-order valence-corrected chi connectivity index (χ3v) is 3.53. The lowest BCUT2D eigenvalue weighted by atomic mass is 10.1. The maximum absolute atomic E-state index is 11.6. The van der Waals surface area contributed by atoms with Gasteiger partial charge in [0.2, 0.25) is 5.91 Å². The van der Waals surface area contributed by atoms with E-state index in [1.54, 1.807) is 4.90 Å². The first-order valence-corrected chi connectivity index (χ1v) is 6.36. The average molecular weight is 298 g/mol. The van der Waals surface area contributed by atoms with E-state index in [4.69, 9.17) is 5.73 Å². The summed E-state index contributed by atoms with van der Waals surface area (Å²) >= 11 is 3.38. The Hall–Kier alpha value is -1.07. The van der Waals surface area contributed by atoms with Crippen LogP contribution in [0.3, 0.4) is 0 Å². The number of amides is 1. The highest BCUT2D eigenvalue weighted by atomic mass is 79.9. The first kappa shape index (κ1) is 12.4. The lowest BCUT2D eigenvalue weighted by Gasteiger charge is -2.32. The number of hydrogen-bond donors (Lipinski definition) is 1. The van der Waals surface area contributed by atoms with E-state index >= 15 is 0 Å². The van der Waals surface area contributed by atoms with E-state index in [-0.39, 0.29) is 5.91 Å². The van der Waals surface area contributed by atoms with Crippen molar-refractivity contribution >= 4 is 27.5 Å². The number of anilines is 1. The number of benzene rings is 1. The van der Waals surface area contributed by atoms with Gasteiger partial charge in [-0.2, -0.15) is 0 Å². The van der Waals surface area contributed by atoms with Crippen LogP contribution in [0.1, 0.15) is 5.56 Å². The molecular formula is C12H16BrN3O.